The minimum absolute atomic E-state index is 0.0384. The Morgan fingerprint density at radius 3 is 2.75 bits per heavy atom. The molecule has 0 atom stereocenters. The summed E-state index contributed by atoms with van der Waals surface area (Å²) < 4.78 is 22.8. The molecule has 1 fully saturated rings. The number of rotatable bonds is 4. The van der Waals surface area contributed by atoms with Crippen molar-refractivity contribution in [3.05, 3.63) is 24.0 Å². The van der Waals surface area contributed by atoms with E-state index in [0.29, 0.717) is 5.56 Å². The molecule has 1 saturated heterocycles. The average Bonchev–Trinajstić information content (AvgIpc) is 2.45. The molecule has 0 unspecified atom stereocenters. The summed E-state index contributed by atoms with van der Waals surface area (Å²) in [6, 6.07) is 1.77. The van der Waals surface area contributed by atoms with E-state index >= 15 is 0 Å². The Morgan fingerprint density at radius 2 is 2.10 bits per heavy atom. The summed E-state index contributed by atoms with van der Waals surface area (Å²) in [5, 5.41) is 3.19. The van der Waals surface area contributed by atoms with Gasteiger partial charge in [0.2, 0.25) is 0 Å². The van der Waals surface area contributed by atoms with Crippen LogP contribution in [0.1, 0.15) is 23.7 Å². The first-order valence-electron chi connectivity index (χ1n) is 6.71. The summed E-state index contributed by atoms with van der Waals surface area (Å²) in [6.07, 6.45) is 4.12. The summed E-state index contributed by atoms with van der Waals surface area (Å²) in [4.78, 5) is 18.0. The summed E-state index contributed by atoms with van der Waals surface area (Å²) in [6.45, 7) is 3.33. The van der Waals surface area contributed by atoms with Crippen LogP contribution in [0.3, 0.4) is 0 Å². The lowest BCUT2D eigenvalue weighted by Gasteiger charge is -2.27. The Balaban J connectivity index is 2.13. The zero-order valence-corrected chi connectivity index (χ0v) is 12.3. The molecule has 20 heavy (non-hydrogen) atoms. The lowest BCUT2D eigenvalue weighted by Crippen LogP contribution is -2.43. The third-order valence-electron chi connectivity index (χ3n) is 3.25. The van der Waals surface area contributed by atoms with Gasteiger partial charge >= 0.3 is 0 Å². The van der Waals surface area contributed by atoms with Gasteiger partial charge in [-0.1, -0.05) is 6.92 Å². The molecule has 0 bridgehead atoms. The smallest absolute Gasteiger partial charge is 0.257 e. The third kappa shape index (κ3) is 3.47. The molecule has 110 valence electrons. The van der Waals surface area contributed by atoms with Gasteiger partial charge in [-0.05, 0) is 12.5 Å². The van der Waals surface area contributed by atoms with Gasteiger partial charge in [0.15, 0.2) is 9.84 Å². The van der Waals surface area contributed by atoms with E-state index in [-0.39, 0.29) is 30.5 Å². The molecule has 6 nitrogen and oxygen atoms in total. The van der Waals surface area contributed by atoms with Gasteiger partial charge in [-0.15, -0.1) is 0 Å². The first kappa shape index (κ1) is 14.8. The van der Waals surface area contributed by atoms with Crippen LogP contribution in [-0.4, -0.2) is 55.3 Å². The third-order valence-corrected chi connectivity index (χ3v) is 4.86. The van der Waals surface area contributed by atoms with Crippen molar-refractivity contribution >= 4 is 21.4 Å². The molecule has 0 spiro atoms. The Labute approximate surface area is 119 Å². The summed E-state index contributed by atoms with van der Waals surface area (Å²) in [5.41, 5.74) is 1.25. The van der Waals surface area contributed by atoms with Crippen LogP contribution in [0.15, 0.2) is 18.5 Å². The van der Waals surface area contributed by atoms with Gasteiger partial charge < -0.3 is 10.2 Å². The fraction of sp³-hybridized carbons (Fsp3) is 0.538. The molecule has 0 aliphatic carbocycles. The Kier molecular flexibility index (Phi) is 4.59. The van der Waals surface area contributed by atoms with Gasteiger partial charge in [0.25, 0.3) is 5.91 Å². The van der Waals surface area contributed by atoms with E-state index in [2.05, 4.69) is 10.3 Å². The topological polar surface area (TPSA) is 79.4 Å². The number of hydrogen-bond acceptors (Lipinski definition) is 5. The van der Waals surface area contributed by atoms with E-state index in [1.807, 2.05) is 6.92 Å². The first-order chi connectivity index (χ1) is 9.53. The second kappa shape index (κ2) is 6.21. The molecule has 0 saturated carbocycles. The fourth-order valence-corrected chi connectivity index (χ4v) is 3.27. The number of sulfone groups is 1. The molecule has 1 aliphatic rings. The number of carbonyl (C=O) groups excluding carboxylic acids is 1. The van der Waals surface area contributed by atoms with Crippen molar-refractivity contribution in [3.8, 4) is 0 Å². The number of aromatic nitrogens is 1. The second-order valence-electron chi connectivity index (χ2n) is 4.79. The number of pyridine rings is 1. The van der Waals surface area contributed by atoms with Crippen molar-refractivity contribution in [2.24, 2.45) is 0 Å². The van der Waals surface area contributed by atoms with Crippen molar-refractivity contribution in [1.82, 2.24) is 9.88 Å². The zero-order valence-electron chi connectivity index (χ0n) is 11.5. The summed E-state index contributed by atoms with van der Waals surface area (Å²) >= 11 is 0. The molecule has 0 radical (unpaired) electrons. The van der Waals surface area contributed by atoms with E-state index in [4.69, 9.17) is 0 Å². The second-order valence-corrected chi connectivity index (χ2v) is 7.10. The molecule has 2 rings (SSSR count). The first-order valence-corrected chi connectivity index (χ1v) is 8.53. The highest BCUT2D eigenvalue weighted by Gasteiger charge is 2.26. The quantitative estimate of drug-likeness (QED) is 0.888. The molecule has 0 aromatic carbocycles. The maximum Gasteiger partial charge on any atom is 0.257 e. The highest BCUT2D eigenvalue weighted by atomic mass is 32.2. The van der Waals surface area contributed by atoms with E-state index in [9.17, 15) is 13.2 Å². The monoisotopic (exact) mass is 297 g/mol. The van der Waals surface area contributed by atoms with Crippen molar-refractivity contribution in [2.45, 2.75) is 13.3 Å². The van der Waals surface area contributed by atoms with Crippen molar-refractivity contribution in [3.63, 3.8) is 0 Å². The van der Waals surface area contributed by atoms with Gasteiger partial charge in [-0.2, -0.15) is 0 Å². The predicted octanol–water partition coefficient (Wildman–Crippen LogP) is 0.774. The van der Waals surface area contributed by atoms with Crippen molar-refractivity contribution in [2.75, 3.05) is 36.5 Å². The van der Waals surface area contributed by atoms with Crippen molar-refractivity contribution in [1.29, 1.82) is 0 Å². The number of hydrogen-bond donors (Lipinski definition) is 1. The van der Waals surface area contributed by atoms with Crippen LogP contribution < -0.4 is 5.32 Å². The van der Waals surface area contributed by atoms with E-state index < -0.39 is 9.84 Å². The molecule has 1 N–H and O–H groups in total. The molecular formula is C13H19N3O3S. The van der Waals surface area contributed by atoms with Gasteiger partial charge in [0.1, 0.15) is 0 Å². The lowest BCUT2D eigenvalue weighted by atomic mass is 10.2. The normalized spacial score (nSPS) is 17.8. The molecular weight excluding hydrogens is 278 g/mol. The summed E-state index contributed by atoms with van der Waals surface area (Å²) in [7, 11) is -2.98. The van der Waals surface area contributed by atoms with Crippen LogP contribution >= 0.6 is 0 Å². The highest BCUT2D eigenvalue weighted by molar-refractivity contribution is 7.91. The molecule has 1 aliphatic heterocycles. The van der Waals surface area contributed by atoms with Gasteiger partial charge in [0, 0.05) is 32.0 Å². The number of carbonyl (C=O) groups is 1. The minimum Gasteiger partial charge on any atom is -0.384 e. The Morgan fingerprint density at radius 1 is 1.40 bits per heavy atom. The number of nitrogens with one attached hydrogen (secondary N) is 1. The van der Waals surface area contributed by atoms with E-state index in [1.165, 1.54) is 6.20 Å². The Hall–Kier alpha value is -1.63. The molecule has 7 heteroatoms. The summed E-state index contributed by atoms with van der Waals surface area (Å²) in [5.74, 6) is -0.0837. The maximum atomic E-state index is 12.4. The fourth-order valence-electron chi connectivity index (χ4n) is 2.06. The minimum atomic E-state index is -2.98. The number of nitrogens with zero attached hydrogens (tertiary/aromatic N) is 2. The van der Waals surface area contributed by atoms with Crippen LogP contribution in [0.5, 0.6) is 0 Å². The molecule has 1 amide bonds. The van der Waals surface area contributed by atoms with Crippen LogP contribution in [0.25, 0.3) is 0 Å². The van der Waals surface area contributed by atoms with Gasteiger partial charge in [-0.3, -0.25) is 9.78 Å². The molecule has 1 aromatic rings. The maximum absolute atomic E-state index is 12.4. The lowest BCUT2D eigenvalue weighted by molar-refractivity contribution is 0.0771. The van der Waals surface area contributed by atoms with Gasteiger partial charge in [0.05, 0.1) is 22.8 Å². The molecule has 2 heterocycles. The van der Waals surface area contributed by atoms with E-state index in [0.717, 1.165) is 18.7 Å². The van der Waals surface area contributed by atoms with Crippen molar-refractivity contribution < 1.29 is 13.2 Å². The van der Waals surface area contributed by atoms with Gasteiger partial charge in [-0.25, -0.2) is 8.42 Å². The zero-order chi connectivity index (χ0) is 14.6. The van der Waals surface area contributed by atoms with Crippen LogP contribution in [0.4, 0.5) is 5.69 Å². The highest BCUT2D eigenvalue weighted by Crippen LogP contribution is 2.17. The van der Waals surface area contributed by atoms with Crippen LogP contribution in [0.2, 0.25) is 0 Å². The SMILES string of the molecule is CCCNc1ccncc1C(=O)N1CCS(=O)(=O)CC1. The Bertz CT molecular complexity index is 572. The predicted molar refractivity (Wildman–Crippen MR) is 77.6 cm³/mol. The number of amides is 1. The standard InChI is InChI=1S/C13H19N3O3S/c1-2-4-15-12-3-5-14-10-11(12)13(17)16-6-8-20(18,19)9-7-16/h3,5,10H,2,4,6-9H2,1H3,(H,14,15). The van der Waals surface area contributed by atoms with E-state index in [1.54, 1.807) is 17.2 Å². The van der Waals surface area contributed by atoms with Crippen LogP contribution in [0, 0.1) is 0 Å². The van der Waals surface area contributed by atoms with Crippen LogP contribution in [-0.2, 0) is 9.84 Å². The average molecular weight is 297 g/mol. The largest absolute Gasteiger partial charge is 0.384 e. The number of anilines is 1. The molecule has 1 aromatic heterocycles.